The molecule has 19 heavy (non-hydrogen) atoms. The molecule has 3 heteroatoms. The maximum atomic E-state index is 9.51. The summed E-state index contributed by atoms with van der Waals surface area (Å²) in [6.45, 7) is 10.3. The Bertz CT molecular complexity index is 334. The molecule has 1 aliphatic carbocycles. The van der Waals surface area contributed by atoms with Gasteiger partial charge in [-0.1, -0.05) is 20.8 Å². The molecule has 0 radical (unpaired) electrons. The van der Waals surface area contributed by atoms with Crippen molar-refractivity contribution in [3.05, 3.63) is 0 Å². The van der Waals surface area contributed by atoms with E-state index in [1.165, 1.54) is 32.4 Å². The second-order valence-corrected chi connectivity index (χ2v) is 7.22. The smallest absolute Gasteiger partial charge is 0.108 e. The van der Waals surface area contributed by atoms with E-state index in [9.17, 15) is 5.26 Å². The number of rotatable bonds is 4. The average molecular weight is 263 g/mol. The molecule has 108 valence electrons. The first kappa shape index (κ1) is 14.8. The predicted octanol–water partition coefficient (Wildman–Crippen LogP) is 2.92. The van der Waals surface area contributed by atoms with Gasteiger partial charge in [0.25, 0.3) is 0 Å². The van der Waals surface area contributed by atoms with Crippen LogP contribution in [0.2, 0.25) is 0 Å². The molecule has 0 aromatic rings. The summed E-state index contributed by atoms with van der Waals surface area (Å²) in [4.78, 5) is 2.64. The summed E-state index contributed by atoms with van der Waals surface area (Å²) in [5.41, 5.74) is 0.273. The van der Waals surface area contributed by atoms with Crippen LogP contribution in [0.15, 0.2) is 0 Å². The van der Waals surface area contributed by atoms with Crippen molar-refractivity contribution in [2.24, 2.45) is 5.41 Å². The lowest BCUT2D eigenvalue weighted by molar-refractivity contribution is 0.0935. The second-order valence-electron chi connectivity index (χ2n) is 7.22. The molecular formula is C16H29N3. The minimum atomic E-state index is -0.242. The van der Waals surface area contributed by atoms with Gasteiger partial charge < -0.3 is 4.90 Å². The van der Waals surface area contributed by atoms with E-state index in [1.54, 1.807) is 0 Å². The Morgan fingerprint density at radius 1 is 1.26 bits per heavy atom. The van der Waals surface area contributed by atoms with Crippen LogP contribution < -0.4 is 5.32 Å². The van der Waals surface area contributed by atoms with E-state index in [0.717, 1.165) is 25.8 Å². The number of hydrogen-bond acceptors (Lipinski definition) is 3. The SMILES string of the molecule is CCCNC1(C#N)CCC(N2CCC(C)(C)CC2)C1. The van der Waals surface area contributed by atoms with Crippen LogP contribution in [0.4, 0.5) is 0 Å². The van der Waals surface area contributed by atoms with Gasteiger partial charge in [-0.3, -0.25) is 5.32 Å². The Hall–Kier alpha value is -0.590. The van der Waals surface area contributed by atoms with Crippen molar-refractivity contribution in [3.63, 3.8) is 0 Å². The van der Waals surface area contributed by atoms with Crippen LogP contribution in [-0.2, 0) is 0 Å². The number of likely N-dealkylation sites (tertiary alicyclic amines) is 1. The third kappa shape index (κ3) is 3.49. The topological polar surface area (TPSA) is 39.1 Å². The molecule has 2 atom stereocenters. The van der Waals surface area contributed by atoms with Crippen molar-refractivity contribution in [1.82, 2.24) is 10.2 Å². The van der Waals surface area contributed by atoms with Gasteiger partial charge in [-0.05, 0) is 63.6 Å². The van der Waals surface area contributed by atoms with Gasteiger partial charge in [-0.2, -0.15) is 5.26 Å². The first-order chi connectivity index (χ1) is 9.00. The van der Waals surface area contributed by atoms with Crippen LogP contribution in [0.5, 0.6) is 0 Å². The summed E-state index contributed by atoms with van der Waals surface area (Å²) in [6, 6.07) is 3.18. The fourth-order valence-corrected chi connectivity index (χ4v) is 3.49. The molecule has 2 rings (SSSR count). The molecule has 2 fully saturated rings. The Balaban J connectivity index is 1.89. The Morgan fingerprint density at radius 2 is 1.95 bits per heavy atom. The van der Waals surface area contributed by atoms with Gasteiger partial charge in [-0.25, -0.2) is 0 Å². The lowest BCUT2D eigenvalue weighted by Crippen LogP contribution is -2.46. The third-order valence-electron chi connectivity index (χ3n) is 5.08. The lowest BCUT2D eigenvalue weighted by Gasteiger charge is -2.40. The Kier molecular flexibility index (Phi) is 4.53. The number of nitrogens with zero attached hydrogens (tertiary/aromatic N) is 2. The summed E-state index contributed by atoms with van der Waals surface area (Å²) in [5.74, 6) is 0. The van der Waals surface area contributed by atoms with E-state index >= 15 is 0 Å². The summed E-state index contributed by atoms with van der Waals surface area (Å²) in [5, 5.41) is 13.0. The molecule has 2 unspecified atom stereocenters. The fourth-order valence-electron chi connectivity index (χ4n) is 3.49. The zero-order valence-corrected chi connectivity index (χ0v) is 12.8. The fraction of sp³-hybridized carbons (Fsp3) is 0.938. The van der Waals surface area contributed by atoms with E-state index < -0.39 is 0 Å². The van der Waals surface area contributed by atoms with Crippen LogP contribution in [0, 0.1) is 16.7 Å². The van der Waals surface area contributed by atoms with Crippen molar-refractivity contribution in [1.29, 1.82) is 5.26 Å². The van der Waals surface area contributed by atoms with E-state index in [2.05, 4.69) is 37.1 Å². The highest BCUT2D eigenvalue weighted by atomic mass is 15.2. The first-order valence-corrected chi connectivity index (χ1v) is 7.91. The minimum absolute atomic E-state index is 0.242. The molecule has 0 amide bonds. The van der Waals surface area contributed by atoms with E-state index in [0.29, 0.717) is 11.5 Å². The zero-order chi connectivity index (χ0) is 13.9. The highest BCUT2D eigenvalue weighted by molar-refractivity contribution is 5.13. The van der Waals surface area contributed by atoms with Crippen molar-refractivity contribution in [2.45, 2.75) is 70.9 Å². The average Bonchev–Trinajstić information content (AvgIpc) is 2.81. The van der Waals surface area contributed by atoms with Crippen molar-refractivity contribution >= 4 is 0 Å². The van der Waals surface area contributed by atoms with E-state index in [4.69, 9.17) is 0 Å². The summed E-state index contributed by atoms with van der Waals surface area (Å²) in [6.07, 6.45) is 6.92. The summed E-state index contributed by atoms with van der Waals surface area (Å²) >= 11 is 0. The van der Waals surface area contributed by atoms with E-state index in [1.807, 2.05) is 0 Å². The molecule has 1 saturated heterocycles. The van der Waals surface area contributed by atoms with Gasteiger partial charge in [0.2, 0.25) is 0 Å². The molecule has 0 bridgehead atoms. The molecule has 0 aromatic carbocycles. The maximum absolute atomic E-state index is 9.51. The monoisotopic (exact) mass is 263 g/mol. The Labute approximate surface area is 118 Å². The van der Waals surface area contributed by atoms with E-state index in [-0.39, 0.29) is 5.54 Å². The highest BCUT2D eigenvalue weighted by Gasteiger charge is 2.42. The van der Waals surface area contributed by atoms with Crippen LogP contribution in [0.1, 0.15) is 59.3 Å². The van der Waals surface area contributed by atoms with Gasteiger partial charge in [-0.15, -0.1) is 0 Å². The molecule has 2 aliphatic rings. The predicted molar refractivity (Wildman–Crippen MR) is 78.9 cm³/mol. The summed E-state index contributed by atoms with van der Waals surface area (Å²) < 4.78 is 0. The zero-order valence-electron chi connectivity index (χ0n) is 12.8. The summed E-state index contributed by atoms with van der Waals surface area (Å²) in [7, 11) is 0. The van der Waals surface area contributed by atoms with Gasteiger partial charge in [0.1, 0.15) is 5.54 Å². The molecule has 0 spiro atoms. The largest absolute Gasteiger partial charge is 0.300 e. The van der Waals surface area contributed by atoms with Crippen LogP contribution in [0.25, 0.3) is 0 Å². The molecule has 0 aromatic heterocycles. The van der Waals surface area contributed by atoms with Crippen LogP contribution in [0.3, 0.4) is 0 Å². The minimum Gasteiger partial charge on any atom is -0.300 e. The first-order valence-electron chi connectivity index (χ1n) is 7.91. The Morgan fingerprint density at radius 3 is 2.53 bits per heavy atom. The molecule has 1 heterocycles. The maximum Gasteiger partial charge on any atom is 0.108 e. The lowest BCUT2D eigenvalue weighted by atomic mass is 9.82. The van der Waals surface area contributed by atoms with Gasteiger partial charge in [0.15, 0.2) is 0 Å². The quantitative estimate of drug-likeness (QED) is 0.847. The molecule has 1 aliphatic heterocycles. The van der Waals surface area contributed by atoms with Crippen molar-refractivity contribution in [2.75, 3.05) is 19.6 Å². The van der Waals surface area contributed by atoms with Gasteiger partial charge in [0.05, 0.1) is 6.07 Å². The van der Waals surface area contributed by atoms with Crippen molar-refractivity contribution in [3.8, 4) is 6.07 Å². The number of nitriles is 1. The number of hydrogen-bond donors (Lipinski definition) is 1. The molecule has 1 N–H and O–H groups in total. The van der Waals surface area contributed by atoms with Gasteiger partial charge >= 0.3 is 0 Å². The third-order valence-corrected chi connectivity index (χ3v) is 5.08. The normalized spacial score (nSPS) is 35.2. The number of piperidine rings is 1. The second kappa shape index (κ2) is 5.81. The molecule has 1 saturated carbocycles. The van der Waals surface area contributed by atoms with Crippen LogP contribution in [-0.4, -0.2) is 36.1 Å². The standard InChI is InChI=1S/C16H29N3/c1-4-9-18-16(13-17)6-5-14(12-16)19-10-7-15(2,3)8-11-19/h14,18H,4-12H2,1-3H3. The van der Waals surface area contributed by atoms with Gasteiger partial charge in [0, 0.05) is 6.04 Å². The highest BCUT2D eigenvalue weighted by Crippen LogP contribution is 2.37. The number of nitrogens with one attached hydrogen (secondary N) is 1. The van der Waals surface area contributed by atoms with Crippen molar-refractivity contribution < 1.29 is 0 Å². The molecular weight excluding hydrogens is 234 g/mol. The molecule has 3 nitrogen and oxygen atoms in total. The van der Waals surface area contributed by atoms with Crippen LogP contribution >= 0.6 is 0 Å².